The van der Waals surface area contributed by atoms with Gasteiger partial charge in [0.1, 0.15) is 5.75 Å². The Kier molecular flexibility index (Phi) is 2.09. The Hall–Kier alpha value is -2.00. The lowest BCUT2D eigenvalue weighted by atomic mass is 10.1. The van der Waals surface area contributed by atoms with E-state index in [0.717, 1.165) is 10.9 Å². The van der Waals surface area contributed by atoms with Gasteiger partial charge in [0, 0.05) is 28.2 Å². The summed E-state index contributed by atoms with van der Waals surface area (Å²) in [5, 5.41) is 10.9. The van der Waals surface area contributed by atoms with Crippen molar-refractivity contribution in [2.45, 2.75) is 0 Å². The second-order valence-corrected chi connectivity index (χ2v) is 4.34. The fraction of sp³-hybridized carbons (Fsp3) is 0. The van der Waals surface area contributed by atoms with Crippen LogP contribution in [0.5, 0.6) is 5.75 Å². The van der Waals surface area contributed by atoms with E-state index in [1.807, 2.05) is 6.07 Å². The van der Waals surface area contributed by atoms with Gasteiger partial charge in [-0.05, 0) is 23.6 Å². The van der Waals surface area contributed by atoms with Crippen molar-refractivity contribution < 1.29 is 5.11 Å². The van der Waals surface area contributed by atoms with Crippen molar-refractivity contribution in [2.75, 3.05) is 0 Å². The topological polar surface area (TPSA) is 53.1 Å². The number of hydrogen-bond acceptors (Lipinski definition) is 2. The number of nitrogens with one attached hydrogen (secondary N) is 1. The van der Waals surface area contributed by atoms with Crippen LogP contribution in [0.3, 0.4) is 0 Å². The number of hydrogen-bond donors (Lipinski definition) is 2. The van der Waals surface area contributed by atoms with E-state index in [1.165, 1.54) is 12.1 Å². The molecule has 0 amide bonds. The van der Waals surface area contributed by atoms with E-state index >= 15 is 0 Å². The first kappa shape index (κ1) is 10.2. The molecule has 0 unspecified atom stereocenters. The molecule has 84 valence electrons. The Labute approximate surface area is 102 Å². The molecule has 0 saturated heterocycles. The molecule has 17 heavy (non-hydrogen) atoms. The molecule has 0 saturated carbocycles. The van der Waals surface area contributed by atoms with E-state index in [0.29, 0.717) is 16.3 Å². The fourth-order valence-corrected chi connectivity index (χ4v) is 2.10. The summed E-state index contributed by atoms with van der Waals surface area (Å²) in [6.07, 6.45) is 0. The van der Waals surface area contributed by atoms with Gasteiger partial charge in [-0.15, -0.1) is 0 Å². The van der Waals surface area contributed by atoms with E-state index in [2.05, 4.69) is 4.98 Å². The van der Waals surface area contributed by atoms with Crippen LogP contribution in [-0.2, 0) is 0 Å². The number of aromatic nitrogens is 1. The maximum absolute atomic E-state index is 11.7. The Morgan fingerprint density at radius 3 is 2.76 bits per heavy atom. The summed E-state index contributed by atoms with van der Waals surface area (Å²) >= 11 is 5.90. The van der Waals surface area contributed by atoms with Gasteiger partial charge in [-0.1, -0.05) is 17.7 Å². The second kappa shape index (κ2) is 3.50. The molecule has 0 radical (unpaired) electrons. The molecule has 0 fully saturated rings. The summed E-state index contributed by atoms with van der Waals surface area (Å²) in [7, 11) is 0. The largest absolute Gasteiger partial charge is 0.508 e. The standard InChI is InChI=1S/C13H8ClNO2/c14-8-2-1-7-3-10-12(15-11(7)4-8)5-9(16)6-13(10)17/h1-6,15-16H. The summed E-state index contributed by atoms with van der Waals surface area (Å²) in [5.74, 6) is -0.0415. The molecule has 1 aliphatic heterocycles. The number of rotatable bonds is 0. The first-order valence-corrected chi connectivity index (χ1v) is 5.46. The van der Waals surface area contributed by atoms with Gasteiger partial charge < -0.3 is 10.1 Å². The zero-order chi connectivity index (χ0) is 12.0. The SMILES string of the molecule is O=c1cc(O)cc2[nH]c3cc(Cl)ccc3cc1-2. The molecule has 1 aromatic carbocycles. The highest BCUT2D eigenvalue weighted by Gasteiger charge is 2.09. The van der Waals surface area contributed by atoms with Gasteiger partial charge in [0.25, 0.3) is 0 Å². The maximum Gasteiger partial charge on any atom is 0.191 e. The molecule has 3 nitrogen and oxygen atoms in total. The number of benzene rings is 2. The highest BCUT2D eigenvalue weighted by molar-refractivity contribution is 6.31. The van der Waals surface area contributed by atoms with Crippen LogP contribution in [0.1, 0.15) is 0 Å². The lowest BCUT2D eigenvalue weighted by molar-refractivity contribution is 0.475. The van der Waals surface area contributed by atoms with Gasteiger partial charge in [-0.2, -0.15) is 0 Å². The monoisotopic (exact) mass is 245 g/mol. The molecule has 0 bridgehead atoms. The predicted molar refractivity (Wildman–Crippen MR) is 67.9 cm³/mol. The van der Waals surface area contributed by atoms with E-state index in [4.69, 9.17) is 11.6 Å². The number of H-pyrrole nitrogens is 1. The van der Waals surface area contributed by atoms with Crippen molar-refractivity contribution in [3.63, 3.8) is 0 Å². The van der Waals surface area contributed by atoms with Gasteiger partial charge in [0.15, 0.2) is 5.43 Å². The molecule has 2 aliphatic rings. The molecule has 3 rings (SSSR count). The van der Waals surface area contributed by atoms with E-state index in [-0.39, 0.29) is 11.2 Å². The van der Waals surface area contributed by atoms with Gasteiger partial charge in [0.2, 0.25) is 0 Å². The average molecular weight is 246 g/mol. The third-order valence-corrected chi connectivity index (χ3v) is 2.95. The molecule has 1 aromatic rings. The quantitative estimate of drug-likeness (QED) is 0.598. The molecular formula is C13H8ClNO2. The van der Waals surface area contributed by atoms with Crippen LogP contribution in [0.2, 0.25) is 5.02 Å². The van der Waals surface area contributed by atoms with Crippen molar-refractivity contribution in [1.29, 1.82) is 0 Å². The van der Waals surface area contributed by atoms with Crippen LogP contribution < -0.4 is 5.43 Å². The number of aromatic amines is 1. The molecule has 4 heteroatoms. The smallest absolute Gasteiger partial charge is 0.191 e. The molecule has 1 aliphatic carbocycles. The summed E-state index contributed by atoms with van der Waals surface area (Å²) in [5.41, 5.74) is 1.78. The minimum atomic E-state index is -0.201. The van der Waals surface area contributed by atoms with Crippen LogP contribution in [-0.4, -0.2) is 10.1 Å². The summed E-state index contributed by atoms with van der Waals surface area (Å²) in [6.45, 7) is 0. The number of phenols is 1. The lowest BCUT2D eigenvalue weighted by Crippen LogP contribution is -2.05. The Morgan fingerprint density at radius 2 is 1.94 bits per heavy atom. The second-order valence-electron chi connectivity index (χ2n) is 3.91. The molecule has 0 aromatic heterocycles. The minimum absolute atomic E-state index is 0.0415. The van der Waals surface area contributed by atoms with Crippen LogP contribution in [0.15, 0.2) is 41.2 Å². The summed E-state index contributed by atoms with van der Waals surface area (Å²) < 4.78 is 0. The first-order chi connectivity index (χ1) is 8.13. The van der Waals surface area contributed by atoms with Crippen molar-refractivity contribution in [3.8, 4) is 17.0 Å². The van der Waals surface area contributed by atoms with Crippen LogP contribution in [0.25, 0.3) is 22.2 Å². The van der Waals surface area contributed by atoms with Gasteiger partial charge >= 0.3 is 0 Å². The molecule has 0 atom stereocenters. The zero-order valence-electron chi connectivity index (χ0n) is 8.70. The van der Waals surface area contributed by atoms with E-state index < -0.39 is 0 Å². The maximum atomic E-state index is 11.7. The molecule has 1 heterocycles. The fourth-order valence-electron chi connectivity index (χ4n) is 1.93. The van der Waals surface area contributed by atoms with Crippen LogP contribution in [0.4, 0.5) is 0 Å². The summed E-state index contributed by atoms with van der Waals surface area (Å²) in [6, 6.07) is 9.92. The normalized spacial score (nSPS) is 11.1. The molecular weight excluding hydrogens is 238 g/mol. The third-order valence-electron chi connectivity index (χ3n) is 2.71. The van der Waals surface area contributed by atoms with Crippen molar-refractivity contribution in [1.82, 2.24) is 4.98 Å². The number of halogens is 1. The Morgan fingerprint density at radius 1 is 1.12 bits per heavy atom. The third kappa shape index (κ3) is 1.65. The number of phenolic OH excluding ortho intramolecular Hbond substituents is 1. The van der Waals surface area contributed by atoms with Crippen molar-refractivity contribution >= 4 is 22.5 Å². The highest BCUT2D eigenvalue weighted by Crippen LogP contribution is 2.26. The van der Waals surface area contributed by atoms with Crippen LogP contribution in [0, 0.1) is 0 Å². The zero-order valence-corrected chi connectivity index (χ0v) is 9.45. The first-order valence-electron chi connectivity index (χ1n) is 5.09. The average Bonchev–Trinajstić information content (AvgIpc) is 2.26. The molecule has 0 spiro atoms. The Bertz CT molecular complexity index is 748. The van der Waals surface area contributed by atoms with Gasteiger partial charge in [0.05, 0.1) is 5.69 Å². The lowest BCUT2D eigenvalue weighted by Gasteiger charge is -2.08. The predicted octanol–water partition coefficient (Wildman–Crippen LogP) is 2.99. The van der Waals surface area contributed by atoms with E-state index in [9.17, 15) is 9.90 Å². The van der Waals surface area contributed by atoms with Crippen molar-refractivity contribution in [3.05, 3.63) is 51.6 Å². The molecule has 2 N–H and O–H groups in total. The van der Waals surface area contributed by atoms with E-state index in [1.54, 1.807) is 18.2 Å². The van der Waals surface area contributed by atoms with Gasteiger partial charge in [-0.3, -0.25) is 4.79 Å². The summed E-state index contributed by atoms with van der Waals surface area (Å²) in [4.78, 5) is 14.8. The van der Waals surface area contributed by atoms with Gasteiger partial charge in [-0.25, -0.2) is 0 Å². The van der Waals surface area contributed by atoms with Crippen molar-refractivity contribution in [2.24, 2.45) is 0 Å². The number of pyridine rings is 1. The highest BCUT2D eigenvalue weighted by atomic mass is 35.5. The minimum Gasteiger partial charge on any atom is -0.508 e. The Balaban J connectivity index is 2.49. The van der Waals surface area contributed by atoms with Crippen LogP contribution >= 0.6 is 11.6 Å². The number of fused-ring (bicyclic) bond motifs is 2. The number of aromatic hydroxyl groups is 1.